The Bertz CT molecular complexity index is 435. The van der Waals surface area contributed by atoms with E-state index in [2.05, 4.69) is 27.7 Å². The molecule has 0 radical (unpaired) electrons. The maximum absolute atomic E-state index is 12.3. The van der Waals surface area contributed by atoms with E-state index >= 15 is 0 Å². The highest BCUT2D eigenvalue weighted by Gasteiger charge is 2.14. The zero-order valence-electron chi connectivity index (χ0n) is 13.1. The molecule has 1 aromatic rings. The van der Waals surface area contributed by atoms with E-state index in [1.54, 1.807) is 0 Å². The molecule has 0 heterocycles. The Morgan fingerprint density at radius 1 is 1.21 bits per heavy atom. The fourth-order valence-corrected chi connectivity index (χ4v) is 3.70. The first kappa shape index (κ1) is 16.4. The molecule has 1 rings (SSSR count). The van der Waals surface area contributed by atoms with Crippen molar-refractivity contribution in [2.45, 2.75) is 48.0 Å². The third-order valence-corrected chi connectivity index (χ3v) is 4.52. The molecule has 0 saturated heterocycles. The Hall–Kier alpha value is -0.650. The highest BCUT2D eigenvalue weighted by molar-refractivity contribution is 7.40. The molecule has 1 unspecified atom stereocenters. The standard InChI is InChI=1S/C17H27OP/c1-12(10-17(4,5)6)11-19-16(18)15-13(2)8-7-9-14(15)3/h7-9,12,18H,10-11H2,1-6H3/p-1. The molecule has 0 amide bonds. The van der Waals surface area contributed by atoms with Gasteiger partial charge in [0.2, 0.25) is 0 Å². The molecule has 0 aliphatic carbocycles. The molecule has 1 nitrogen and oxygen atoms in total. The smallest absolute Gasteiger partial charge is 0.00899 e. The van der Waals surface area contributed by atoms with Crippen LogP contribution in [0, 0.1) is 25.2 Å². The van der Waals surface area contributed by atoms with Crippen molar-refractivity contribution in [1.29, 1.82) is 0 Å². The molecule has 19 heavy (non-hydrogen) atoms. The molecule has 0 aromatic heterocycles. The fraction of sp³-hybridized carbons (Fsp3) is 0.588. The lowest BCUT2D eigenvalue weighted by atomic mass is 9.86. The molecule has 1 atom stereocenters. The predicted octanol–water partition coefficient (Wildman–Crippen LogP) is 4.16. The molecule has 106 valence electrons. The van der Waals surface area contributed by atoms with E-state index in [-0.39, 0.29) is 5.48 Å². The molecular weight excluding hydrogens is 251 g/mol. The number of hydrogen-bond donors (Lipinski definition) is 0. The van der Waals surface area contributed by atoms with Gasteiger partial charge < -0.3 is 5.11 Å². The van der Waals surface area contributed by atoms with E-state index in [9.17, 15) is 5.11 Å². The summed E-state index contributed by atoms with van der Waals surface area (Å²) in [7, 11) is 0.936. The Morgan fingerprint density at radius 2 is 1.74 bits per heavy atom. The molecule has 1 aromatic carbocycles. The molecule has 2 heteroatoms. The van der Waals surface area contributed by atoms with Crippen LogP contribution in [0.1, 0.15) is 50.8 Å². The van der Waals surface area contributed by atoms with Gasteiger partial charge in [-0.15, -0.1) is 13.7 Å². The fourth-order valence-electron chi connectivity index (χ4n) is 2.58. The van der Waals surface area contributed by atoms with Crippen LogP contribution in [0.4, 0.5) is 0 Å². The van der Waals surface area contributed by atoms with Crippen LogP contribution in [0.15, 0.2) is 18.2 Å². The quantitative estimate of drug-likeness (QED) is 0.758. The van der Waals surface area contributed by atoms with Crippen molar-refractivity contribution in [2.75, 3.05) is 6.16 Å². The van der Waals surface area contributed by atoms with Gasteiger partial charge in [-0.25, -0.2) is 0 Å². The lowest BCUT2D eigenvalue weighted by molar-refractivity contribution is -0.207. The second kappa shape index (κ2) is 6.68. The summed E-state index contributed by atoms with van der Waals surface area (Å²) in [6, 6.07) is 6.06. The summed E-state index contributed by atoms with van der Waals surface area (Å²) in [6.07, 6.45) is 2.13. The molecule has 0 aliphatic heterocycles. The van der Waals surface area contributed by atoms with Crippen LogP contribution in [0.2, 0.25) is 0 Å². The van der Waals surface area contributed by atoms with Gasteiger partial charge in [-0.3, -0.25) is 0 Å². The van der Waals surface area contributed by atoms with Gasteiger partial charge in [0, 0.05) is 0 Å². The van der Waals surface area contributed by atoms with Crippen molar-refractivity contribution in [1.82, 2.24) is 0 Å². The minimum atomic E-state index is 0.274. The van der Waals surface area contributed by atoms with Gasteiger partial charge in [0.25, 0.3) is 0 Å². The normalized spacial score (nSPS) is 14.6. The second-order valence-corrected chi connectivity index (χ2v) is 7.87. The van der Waals surface area contributed by atoms with Crippen LogP contribution >= 0.6 is 8.20 Å². The molecule has 0 spiro atoms. The van der Waals surface area contributed by atoms with Crippen molar-refractivity contribution >= 4 is 13.7 Å². The topological polar surface area (TPSA) is 23.1 Å². The van der Waals surface area contributed by atoms with Crippen LogP contribution in [-0.4, -0.2) is 11.6 Å². The Balaban J connectivity index is 2.78. The summed E-state index contributed by atoms with van der Waals surface area (Å²) < 4.78 is 0. The van der Waals surface area contributed by atoms with Gasteiger partial charge in [-0.1, -0.05) is 45.9 Å². The molecule has 0 fully saturated rings. The summed E-state index contributed by atoms with van der Waals surface area (Å²) in [5.74, 6) is 0.593. The Morgan fingerprint density at radius 3 is 2.21 bits per heavy atom. The molecule has 0 aliphatic rings. The highest BCUT2D eigenvalue weighted by atomic mass is 31.1. The van der Waals surface area contributed by atoms with Crippen molar-refractivity contribution in [3.05, 3.63) is 34.9 Å². The minimum Gasteiger partial charge on any atom is -0.824 e. The highest BCUT2D eigenvalue weighted by Crippen LogP contribution is 2.27. The van der Waals surface area contributed by atoms with Crippen LogP contribution in [0.3, 0.4) is 0 Å². The van der Waals surface area contributed by atoms with Crippen LogP contribution in [0.5, 0.6) is 0 Å². The summed E-state index contributed by atoms with van der Waals surface area (Å²) in [5.41, 5.74) is 3.74. The van der Waals surface area contributed by atoms with Gasteiger partial charge in [0.15, 0.2) is 0 Å². The van der Waals surface area contributed by atoms with Crippen LogP contribution < -0.4 is 5.11 Å². The third-order valence-electron chi connectivity index (χ3n) is 3.20. The van der Waals surface area contributed by atoms with E-state index < -0.39 is 0 Å². The van der Waals surface area contributed by atoms with E-state index in [4.69, 9.17) is 0 Å². The molecule has 0 N–H and O–H groups in total. The Kier molecular flexibility index (Phi) is 5.77. The van der Waals surface area contributed by atoms with Gasteiger partial charge in [-0.2, -0.15) is 0 Å². The number of aryl methyl sites for hydroxylation is 2. The number of hydrogen-bond acceptors (Lipinski definition) is 1. The SMILES string of the molecule is Cc1cccc(C)c1C([O-])=PCC(C)CC(C)(C)C. The van der Waals surface area contributed by atoms with E-state index in [0.29, 0.717) is 11.3 Å². The predicted molar refractivity (Wildman–Crippen MR) is 85.0 cm³/mol. The first-order chi connectivity index (χ1) is 8.70. The van der Waals surface area contributed by atoms with Gasteiger partial charge in [-0.05, 0) is 54.5 Å². The van der Waals surface area contributed by atoms with Crippen molar-refractivity contribution < 1.29 is 5.11 Å². The zero-order valence-corrected chi connectivity index (χ0v) is 14.0. The summed E-state index contributed by atoms with van der Waals surface area (Å²) in [4.78, 5) is 0. The number of benzene rings is 1. The van der Waals surface area contributed by atoms with Gasteiger partial charge in [0.05, 0.1) is 0 Å². The molecular formula is C17H26OP-. The van der Waals surface area contributed by atoms with Crippen molar-refractivity contribution in [3.8, 4) is 0 Å². The largest absolute Gasteiger partial charge is 0.824 e. The van der Waals surface area contributed by atoms with Gasteiger partial charge in [0.1, 0.15) is 0 Å². The minimum absolute atomic E-state index is 0.274. The van der Waals surface area contributed by atoms with Crippen molar-refractivity contribution in [2.24, 2.45) is 11.3 Å². The van der Waals surface area contributed by atoms with Gasteiger partial charge >= 0.3 is 0 Å². The lowest BCUT2D eigenvalue weighted by Crippen LogP contribution is -2.20. The maximum Gasteiger partial charge on any atom is -0.00899 e. The zero-order chi connectivity index (χ0) is 14.6. The lowest BCUT2D eigenvalue weighted by Gasteiger charge is -2.23. The third kappa shape index (κ3) is 5.47. The average molecular weight is 277 g/mol. The first-order valence-electron chi connectivity index (χ1n) is 6.99. The van der Waals surface area contributed by atoms with Crippen LogP contribution in [-0.2, 0) is 0 Å². The average Bonchev–Trinajstić information content (AvgIpc) is 2.23. The van der Waals surface area contributed by atoms with E-state index in [1.807, 2.05) is 32.0 Å². The molecule has 0 bridgehead atoms. The summed E-state index contributed by atoms with van der Waals surface area (Å²) in [6.45, 7) is 13.1. The summed E-state index contributed by atoms with van der Waals surface area (Å²) >= 11 is 0. The maximum atomic E-state index is 12.3. The monoisotopic (exact) mass is 277 g/mol. The number of rotatable bonds is 4. The first-order valence-corrected chi connectivity index (χ1v) is 8.07. The van der Waals surface area contributed by atoms with Crippen LogP contribution in [0.25, 0.3) is 0 Å². The van der Waals surface area contributed by atoms with Crippen molar-refractivity contribution in [3.63, 3.8) is 0 Å². The molecule has 0 saturated carbocycles. The van der Waals surface area contributed by atoms with E-state index in [0.717, 1.165) is 31.1 Å². The second-order valence-electron chi connectivity index (χ2n) is 6.78. The van der Waals surface area contributed by atoms with E-state index in [1.165, 1.54) is 6.42 Å². The summed E-state index contributed by atoms with van der Waals surface area (Å²) in [5, 5.41) is 12.3. The Labute approximate surface area is 119 Å².